The maximum atomic E-state index is 13.2. The van der Waals surface area contributed by atoms with Crippen molar-refractivity contribution in [1.29, 1.82) is 0 Å². The molecular formula is C23H30N4O5S. The fourth-order valence-corrected chi connectivity index (χ4v) is 6.66. The number of hydrogen-bond acceptors (Lipinski definition) is 7. The largest absolute Gasteiger partial charge is 0.449 e. The van der Waals surface area contributed by atoms with E-state index in [4.69, 9.17) is 9.72 Å². The molecule has 1 N–H and O–H groups in total. The highest BCUT2D eigenvalue weighted by molar-refractivity contribution is 7.91. The van der Waals surface area contributed by atoms with Gasteiger partial charge in [0.25, 0.3) is 5.91 Å². The van der Waals surface area contributed by atoms with Crippen molar-refractivity contribution in [2.24, 2.45) is 0 Å². The number of ether oxygens (including phenoxy) is 1. The maximum Gasteiger partial charge on any atom is 0.339 e. The molecule has 2 aliphatic carbocycles. The molecular weight excluding hydrogens is 444 g/mol. The van der Waals surface area contributed by atoms with E-state index in [0.29, 0.717) is 28.7 Å². The lowest BCUT2D eigenvalue weighted by Crippen LogP contribution is -2.40. The van der Waals surface area contributed by atoms with E-state index >= 15 is 0 Å². The molecule has 1 amide bonds. The van der Waals surface area contributed by atoms with Gasteiger partial charge in [0.05, 0.1) is 34.2 Å². The first-order chi connectivity index (χ1) is 15.7. The highest BCUT2D eigenvalue weighted by Gasteiger charge is 2.34. The molecule has 0 bridgehead atoms. The Morgan fingerprint density at radius 2 is 1.91 bits per heavy atom. The van der Waals surface area contributed by atoms with Crippen molar-refractivity contribution >= 4 is 32.7 Å². The van der Waals surface area contributed by atoms with Crippen LogP contribution in [0.25, 0.3) is 11.0 Å². The van der Waals surface area contributed by atoms with Crippen molar-refractivity contribution in [2.45, 2.75) is 82.9 Å². The van der Waals surface area contributed by atoms with Gasteiger partial charge in [0, 0.05) is 17.7 Å². The van der Waals surface area contributed by atoms with Crippen LogP contribution in [0.3, 0.4) is 0 Å². The average Bonchev–Trinajstić information content (AvgIpc) is 3.23. The third-order valence-electron chi connectivity index (χ3n) is 6.98. The summed E-state index contributed by atoms with van der Waals surface area (Å²) < 4.78 is 31.4. The van der Waals surface area contributed by atoms with Crippen LogP contribution in [0.2, 0.25) is 0 Å². The Kier molecular flexibility index (Phi) is 5.66. The second-order valence-electron chi connectivity index (χ2n) is 9.69. The van der Waals surface area contributed by atoms with Crippen LogP contribution in [-0.4, -0.2) is 58.7 Å². The zero-order chi connectivity index (χ0) is 23.3. The number of aromatic nitrogens is 3. The first-order valence-corrected chi connectivity index (χ1v) is 13.7. The van der Waals surface area contributed by atoms with Gasteiger partial charge in [0.2, 0.25) is 0 Å². The van der Waals surface area contributed by atoms with Gasteiger partial charge in [0.1, 0.15) is 0 Å². The molecule has 5 rings (SSSR count). The van der Waals surface area contributed by atoms with Crippen LogP contribution in [0.4, 0.5) is 0 Å². The van der Waals surface area contributed by atoms with Crippen LogP contribution < -0.4 is 5.32 Å². The minimum absolute atomic E-state index is 0.0245. The summed E-state index contributed by atoms with van der Waals surface area (Å²) in [5, 5.41) is 8.12. The predicted molar refractivity (Wildman–Crippen MR) is 122 cm³/mol. The highest BCUT2D eigenvalue weighted by atomic mass is 32.2. The molecule has 1 aliphatic heterocycles. The Morgan fingerprint density at radius 3 is 2.55 bits per heavy atom. The molecule has 0 aromatic carbocycles. The smallest absolute Gasteiger partial charge is 0.339 e. The molecule has 2 unspecified atom stereocenters. The van der Waals surface area contributed by atoms with Gasteiger partial charge in [-0.25, -0.2) is 22.9 Å². The van der Waals surface area contributed by atoms with E-state index in [1.54, 1.807) is 24.6 Å². The topological polar surface area (TPSA) is 120 Å². The lowest BCUT2D eigenvalue weighted by atomic mass is 10.1. The monoisotopic (exact) mass is 474 g/mol. The number of amides is 1. The molecule has 2 aromatic heterocycles. The standard InChI is InChI=1S/C23H30N4O5S/c1-13-20-18(23(29)32-14(2)22(28)24-16-5-3-4-6-16)11-19(15-7-8-15)25-21(20)27(26-13)17-9-10-33(30,31)12-17/h11,14-17H,3-10,12H2,1-2H3,(H,24,28). The third kappa shape index (κ3) is 4.49. The fraction of sp³-hybridized carbons (Fsp3) is 0.652. The van der Waals surface area contributed by atoms with Crippen LogP contribution in [-0.2, 0) is 19.4 Å². The van der Waals surface area contributed by atoms with Gasteiger partial charge < -0.3 is 10.1 Å². The molecule has 10 heteroatoms. The molecule has 3 fully saturated rings. The molecule has 178 valence electrons. The molecule has 0 spiro atoms. The van der Waals surface area contributed by atoms with Gasteiger partial charge in [-0.3, -0.25) is 4.79 Å². The number of nitrogens with one attached hydrogen (secondary N) is 1. The van der Waals surface area contributed by atoms with E-state index in [0.717, 1.165) is 44.2 Å². The molecule has 3 aliphatic rings. The molecule has 2 saturated carbocycles. The van der Waals surface area contributed by atoms with E-state index in [2.05, 4.69) is 10.4 Å². The van der Waals surface area contributed by atoms with Gasteiger partial charge in [-0.2, -0.15) is 5.10 Å². The number of carbonyl (C=O) groups excluding carboxylic acids is 2. The van der Waals surface area contributed by atoms with Crippen LogP contribution >= 0.6 is 0 Å². The van der Waals surface area contributed by atoms with Gasteiger partial charge in [-0.15, -0.1) is 0 Å². The molecule has 0 radical (unpaired) electrons. The number of sulfone groups is 1. The van der Waals surface area contributed by atoms with Gasteiger partial charge >= 0.3 is 5.97 Å². The lowest BCUT2D eigenvalue weighted by molar-refractivity contribution is -0.129. The Morgan fingerprint density at radius 1 is 1.18 bits per heavy atom. The average molecular weight is 475 g/mol. The maximum absolute atomic E-state index is 13.2. The number of pyridine rings is 1. The van der Waals surface area contributed by atoms with Crippen molar-refractivity contribution in [1.82, 2.24) is 20.1 Å². The summed E-state index contributed by atoms with van der Waals surface area (Å²) in [5.74, 6) is -0.439. The Balaban J connectivity index is 1.45. The van der Waals surface area contributed by atoms with Crippen molar-refractivity contribution in [3.8, 4) is 0 Å². The number of esters is 1. The summed E-state index contributed by atoms with van der Waals surface area (Å²) in [5.41, 5.74) is 2.25. The fourth-order valence-electron chi connectivity index (χ4n) is 4.97. The van der Waals surface area contributed by atoms with Crippen molar-refractivity contribution < 1.29 is 22.7 Å². The summed E-state index contributed by atoms with van der Waals surface area (Å²) in [4.78, 5) is 30.6. The minimum atomic E-state index is -3.10. The second-order valence-corrected chi connectivity index (χ2v) is 11.9. The Bertz CT molecular complexity index is 1210. The molecule has 9 nitrogen and oxygen atoms in total. The zero-order valence-electron chi connectivity index (χ0n) is 19.0. The zero-order valence-corrected chi connectivity index (χ0v) is 19.9. The lowest BCUT2D eigenvalue weighted by Gasteiger charge is -2.17. The number of hydrogen-bond donors (Lipinski definition) is 1. The summed E-state index contributed by atoms with van der Waals surface area (Å²) in [6.45, 7) is 3.37. The number of fused-ring (bicyclic) bond motifs is 1. The van der Waals surface area contributed by atoms with Crippen LogP contribution in [0, 0.1) is 6.92 Å². The summed E-state index contributed by atoms with van der Waals surface area (Å²) >= 11 is 0. The first kappa shape index (κ1) is 22.3. The molecule has 33 heavy (non-hydrogen) atoms. The minimum Gasteiger partial charge on any atom is -0.449 e. The van der Waals surface area contributed by atoms with E-state index in [1.807, 2.05) is 0 Å². The quantitative estimate of drug-likeness (QED) is 0.639. The summed E-state index contributed by atoms with van der Waals surface area (Å²) in [6, 6.07) is 1.61. The third-order valence-corrected chi connectivity index (χ3v) is 8.73. The van der Waals surface area contributed by atoms with Gasteiger partial charge in [-0.1, -0.05) is 12.8 Å². The number of aryl methyl sites for hydroxylation is 1. The van der Waals surface area contributed by atoms with E-state index in [-0.39, 0.29) is 35.4 Å². The van der Waals surface area contributed by atoms with Gasteiger partial charge in [0.15, 0.2) is 21.6 Å². The number of rotatable bonds is 6. The van der Waals surface area contributed by atoms with Crippen molar-refractivity contribution in [3.05, 3.63) is 23.0 Å². The van der Waals surface area contributed by atoms with Crippen LogP contribution in [0.5, 0.6) is 0 Å². The van der Waals surface area contributed by atoms with Gasteiger partial charge in [-0.05, 0) is 52.0 Å². The second kappa shape index (κ2) is 8.38. The van der Waals surface area contributed by atoms with Crippen molar-refractivity contribution in [2.75, 3.05) is 11.5 Å². The Hall–Kier alpha value is -2.49. The SMILES string of the molecule is Cc1nn(C2CCS(=O)(=O)C2)c2nc(C3CC3)cc(C(=O)OC(C)C(=O)NC3CCCC3)c12. The van der Waals surface area contributed by atoms with E-state index in [1.165, 1.54) is 0 Å². The number of carbonyl (C=O) groups is 2. The highest BCUT2D eigenvalue weighted by Crippen LogP contribution is 2.41. The first-order valence-electron chi connectivity index (χ1n) is 11.8. The van der Waals surface area contributed by atoms with E-state index < -0.39 is 21.9 Å². The molecule has 2 aromatic rings. The molecule has 3 heterocycles. The summed E-state index contributed by atoms with van der Waals surface area (Å²) in [6.07, 6.45) is 5.67. The predicted octanol–water partition coefficient (Wildman–Crippen LogP) is 2.58. The van der Waals surface area contributed by atoms with E-state index in [9.17, 15) is 18.0 Å². The summed E-state index contributed by atoms with van der Waals surface area (Å²) in [7, 11) is -3.10. The molecule has 2 atom stereocenters. The van der Waals surface area contributed by atoms with Crippen LogP contribution in [0.15, 0.2) is 6.07 Å². The Labute approximate surface area is 193 Å². The van der Waals surface area contributed by atoms with Crippen LogP contribution in [0.1, 0.15) is 85.6 Å². The normalized spacial score (nSPS) is 23.6. The number of nitrogens with zero attached hydrogens (tertiary/aromatic N) is 3. The van der Waals surface area contributed by atoms with Crippen molar-refractivity contribution in [3.63, 3.8) is 0 Å². The molecule has 1 saturated heterocycles.